The second-order valence-corrected chi connectivity index (χ2v) is 10.8. The Hall–Kier alpha value is -4.47. The fraction of sp³-hybridized carbons (Fsp3) is 0.387. The largest absolute Gasteiger partial charge is 0.444 e. The highest BCUT2D eigenvalue weighted by atomic mass is 16.6. The molecule has 218 valence electrons. The molecule has 0 aromatic heterocycles. The van der Waals surface area contributed by atoms with Gasteiger partial charge in [-0.2, -0.15) is 0 Å². The zero-order valence-corrected chi connectivity index (χ0v) is 23.8. The van der Waals surface area contributed by atoms with Gasteiger partial charge in [0.15, 0.2) is 0 Å². The molecule has 0 spiro atoms. The van der Waals surface area contributed by atoms with Crippen LogP contribution in [0.15, 0.2) is 66.7 Å². The first-order chi connectivity index (χ1) is 19.5. The van der Waals surface area contributed by atoms with Gasteiger partial charge in [0.1, 0.15) is 11.6 Å². The fourth-order valence-electron chi connectivity index (χ4n) is 4.12. The first kappa shape index (κ1) is 31.1. The average molecular weight is 563 g/mol. The van der Waals surface area contributed by atoms with E-state index in [1.165, 1.54) is 17.1 Å². The van der Waals surface area contributed by atoms with Crippen molar-refractivity contribution in [3.05, 3.63) is 77.9 Å². The van der Waals surface area contributed by atoms with Gasteiger partial charge in [0.2, 0.25) is 11.8 Å². The molecule has 1 atom stereocenters. The summed E-state index contributed by atoms with van der Waals surface area (Å²) in [5.74, 6) is -1.05. The molecule has 1 heterocycles. The zero-order chi connectivity index (χ0) is 29.8. The standard InChI is InChI=1S/C31H38N4O6/c1-31(2,3)41-30(40)34-25(20-22-10-6-4-7-11-22)29(39)33-24-15-13-23(14-16-24)21-32-26(36)12-8-5-9-19-35-27(37)17-18-28(35)38/h4,6-7,10-11,13-18,25H,5,8-9,12,19-21H2,1-3H3,(H,32,36)(H,33,39)(H,34,40)/t25-/m0/s1. The van der Waals surface area contributed by atoms with Crippen molar-refractivity contribution >= 4 is 35.4 Å². The van der Waals surface area contributed by atoms with Crippen molar-refractivity contribution in [2.75, 3.05) is 11.9 Å². The number of hydrogen-bond donors (Lipinski definition) is 3. The van der Waals surface area contributed by atoms with Gasteiger partial charge in [-0.25, -0.2) is 4.79 Å². The van der Waals surface area contributed by atoms with Crippen LogP contribution >= 0.6 is 0 Å². The Bertz CT molecular complexity index is 1230. The molecule has 0 saturated heterocycles. The van der Waals surface area contributed by atoms with Crippen molar-refractivity contribution < 1.29 is 28.7 Å². The van der Waals surface area contributed by atoms with E-state index in [4.69, 9.17) is 4.74 Å². The predicted molar refractivity (Wildman–Crippen MR) is 155 cm³/mol. The third kappa shape index (κ3) is 10.9. The topological polar surface area (TPSA) is 134 Å². The van der Waals surface area contributed by atoms with Crippen molar-refractivity contribution in [3.8, 4) is 0 Å². The van der Waals surface area contributed by atoms with Gasteiger partial charge < -0.3 is 20.7 Å². The minimum atomic E-state index is -0.848. The molecule has 10 heteroatoms. The summed E-state index contributed by atoms with van der Waals surface area (Å²) in [6.07, 6.45) is 4.54. The van der Waals surface area contributed by atoms with Crippen LogP contribution in [0.2, 0.25) is 0 Å². The van der Waals surface area contributed by atoms with E-state index in [-0.39, 0.29) is 23.6 Å². The number of nitrogens with one attached hydrogen (secondary N) is 3. The van der Waals surface area contributed by atoms with Crippen LogP contribution in [0.25, 0.3) is 0 Å². The number of anilines is 1. The SMILES string of the molecule is CC(C)(C)OC(=O)N[C@@H](Cc1ccccc1)C(=O)Nc1ccc(CNC(=O)CCCCCN2C(=O)C=CC2=O)cc1. The zero-order valence-electron chi connectivity index (χ0n) is 23.8. The van der Waals surface area contributed by atoms with Gasteiger partial charge in [-0.15, -0.1) is 0 Å². The van der Waals surface area contributed by atoms with Crippen LogP contribution in [-0.2, 0) is 36.9 Å². The lowest BCUT2D eigenvalue weighted by molar-refractivity contribution is -0.137. The van der Waals surface area contributed by atoms with E-state index in [9.17, 15) is 24.0 Å². The number of carbonyl (C=O) groups excluding carboxylic acids is 5. The van der Waals surface area contributed by atoms with Gasteiger partial charge >= 0.3 is 6.09 Å². The number of benzene rings is 2. The van der Waals surface area contributed by atoms with Gasteiger partial charge in [-0.3, -0.25) is 24.1 Å². The molecule has 0 fully saturated rings. The summed E-state index contributed by atoms with van der Waals surface area (Å²) >= 11 is 0. The molecule has 0 aliphatic carbocycles. The lowest BCUT2D eigenvalue weighted by Gasteiger charge is -2.23. The molecule has 0 unspecified atom stereocenters. The van der Waals surface area contributed by atoms with E-state index in [0.717, 1.165) is 17.5 Å². The number of hydrogen-bond acceptors (Lipinski definition) is 6. The third-order valence-electron chi connectivity index (χ3n) is 6.19. The van der Waals surface area contributed by atoms with Gasteiger partial charge in [0, 0.05) is 43.8 Å². The molecule has 2 aromatic carbocycles. The van der Waals surface area contributed by atoms with Gasteiger partial charge in [0.05, 0.1) is 0 Å². The molecule has 1 aliphatic heterocycles. The van der Waals surface area contributed by atoms with Crippen LogP contribution in [0.4, 0.5) is 10.5 Å². The molecule has 0 saturated carbocycles. The fourth-order valence-corrected chi connectivity index (χ4v) is 4.12. The number of carbonyl (C=O) groups is 5. The van der Waals surface area contributed by atoms with Crippen molar-refractivity contribution in [1.82, 2.24) is 15.5 Å². The van der Waals surface area contributed by atoms with E-state index in [1.807, 2.05) is 42.5 Å². The predicted octanol–water partition coefficient (Wildman–Crippen LogP) is 3.86. The number of unbranched alkanes of at least 4 members (excludes halogenated alkanes) is 2. The molecular weight excluding hydrogens is 524 g/mol. The van der Waals surface area contributed by atoms with Crippen molar-refractivity contribution in [2.45, 2.75) is 71.1 Å². The molecule has 5 amide bonds. The average Bonchev–Trinajstić information content (AvgIpc) is 3.24. The quantitative estimate of drug-likeness (QED) is 0.251. The van der Waals surface area contributed by atoms with Crippen LogP contribution in [0.3, 0.4) is 0 Å². The number of ether oxygens (including phenoxy) is 1. The minimum Gasteiger partial charge on any atom is -0.444 e. The van der Waals surface area contributed by atoms with Crippen molar-refractivity contribution in [3.63, 3.8) is 0 Å². The Kier molecular flexibility index (Phi) is 11.2. The smallest absolute Gasteiger partial charge is 0.408 e. The number of alkyl carbamates (subject to hydrolysis) is 1. The molecular formula is C31H38N4O6. The van der Waals surface area contributed by atoms with Crippen LogP contribution in [-0.4, -0.2) is 52.8 Å². The molecule has 3 rings (SSSR count). The lowest BCUT2D eigenvalue weighted by atomic mass is 10.1. The van der Waals surface area contributed by atoms with Gasteiger partial charge in [0.25, 0.3) is 11.8 Å². The first-order valence-electron chi connectivity index (χ1n) is 13.7. The van der Waals surface area contributed by atoms with E-state index in [2.05, 4.69) is 16.0 Å². The lowest BCUT2D eigenvalue weighted by Crippen LogP contribution is -2.47. The number of rotatable bonds is 13. The molecule has 10 nitrogen and oxygen atoms in total. The van der Waals surface area contributed by atoms with Crippen LogP contribution in [0.1, 0.15) is 57.6 Å². The van der Waals surface area contributed by atoms with Crippen molar-refractivity contribution in [1.29, 1.82) is 0 Å². The molecule has 2 aromatic rings. The highest BCUT2D eigenvalue weighted by Crippen LogP contribution is 2.13. The summed E-state index contributed by atoms with van der Waals surface area (Å²) < 4.78 is 5.34. The summed E-state index contributed by atoms with van der Waals surface area (Å²) in [6.45, 7) is 5.97. The molecule has 3 N–H and O–H groups in total. The highest BCUT2D eigenvalue weighted by molar-refractivity contribution is 6.12. The normalized spacial score (nSPS) is 13.6. The summed E-state index contributed by atoms with van der Waals surface area (Å²) in [7, 11) is 0. The van der Waals surface area contributed by atoms with Crippen molar-refractivity contribution in [2.24, 2.45) is 0 Å². The second-order valence-electron chi connectivity index (χ2n) is 10.8. The summed E-state index contributed by atoms with van der Waals surface area (Å²) in [6, 6.07) is 15.6. The van der Waals surface area contributed by atoms with Gasteiger partial charge in [-0.1, -0.05) is 48.9 Å². The molecule has 0 radical (unpaired) electrons. The number of imide groups is 1. The Morgan fingerprint density at radius 1 is 0.854 bits per heavy atom. The Labute approximate surface area is 240 Å². The first-order valence-corrected chi connectivity index (χ1v) is 13.7. The Morgan fingerprint density at radius 3 is 2.15 bits per heavy atom. The Balaban J connectivity index is 1.43. The van der Waals surface area contributed by atoms with E-state index >= 15 is 0 Å². The highest BCUT2D eigenvalue weighted by Gasteiger charge is 2.25. The summed E-state index contributed by atoms with van der Waals surface area (Å²) in [5, 5.41) is 8.39. The number of nitrogens with zero attached hydrogens (tertiary/aromatic N) is 1. The van der Waals surface area contributed by atoms with Crippen LogP contribution in [0.5, 0.6) is 0 Å². The number of amides is 5. The maximum atomic E-state index is 13.1. The van der Waals surface area contributed by atoms with E-state index < -0.39 is 17.7 Å². The molecule has 41 heavy (non-hydrogen) atoms. The minimum absolute atomic E-state index is 0.0886. The third-order valence-corrected chi connectivity index (χ3v) is 6.19. The maximum absolute atomic E-state index is 13.1. The monoisotopic (exact) mass is 562 g/mol. The summed E-state index contributed by atoms with van der Waals surface area (Å²) in [5.41, 5.74) is 1.61. The molecule has 1 aliphatic rings. The van der Waals surface area contributed by atoms with E-state index in [0.29, 0.717) is 44.5 Å². The summed E-state index contributed by atoms with van der Waals surface area (Å²) in [4.78, 5) is 62.0. The van der Waals surface area contributed by atoms with Crippen LogP contribution < -0.4 is 16.0 Å². The maximum Gasteiger partial charge on any atom is 0.408 e. The van der Waals surface area contributed by atoms with Crippen LogP contribution in [0, 0.1) is 0 Å². The van der Waals surface area contributed by atoms with E-state index in [1.54, 1.807) is 32.9 Å². The Morgan fingerprint density at radius 2 is 1.51 bits per heavy atom. The van der Waals surface area contributed by atoms with Gasteiger partial charge in [-0.05, 0) is 56.9 Å². The second kappa shape index (κ2) is 14.8. The molecule has 0 bridgehead atoms.